The van der Waals surface area contributed by atoms with Crippen LogP contribution in [0, 0.1) is 0 Å². The number of carbonyl (C=O) groups excluding carboxylic acids is 3. The van der Waals surface area contributed by atoms with E-state index in [1.54, 1.807) is 0 Å². The van der Waals surface area contributed by atoms with Crippen molar-refractivity contribution < 1.29 is 58.2 Å². The summed E-state index contributed by atoms with van der Waals surface area (Å²) in [5, 5.41) is 31.4. The molecule has 0 bridgehead atoms. The Hall–Kier alpha value is -3.84. The van der Waals surface area contributed by atoms with E-state index in [1.807, 2.05) is 0 Å². The van der Waals surface area contributed by atoms with Crippen LogP contribution in [0.1, 0.15) is 239 Å². The minimum Gasteiger partial charge on any atom is -0.479 e. The molecule has 0 aromatic carbocycles. The van der Waals surface area contributed by atoms with E-state index in [0.717, 1.165) is 116 Å². The zero-order valence-electron chi connectivity index (χ0n) is 45.9. The largest absolute Gasteiger partial charge is 0.479 e. The first-order valence-electron chi connectivity index (χ1n) is 28.9. The second-order valence-electron chi connectivity index (χ2n) is 19.5. The average molecular weight is 1030 g/mol. The predicted molar refractivity (Wildman–Crippen MR) is 294 cm³/mol. The van der Waals surface area contributed by atoms with E-state index in [-0.39, 0.29) is 25.9 Å². The Morgan fingerprint density at radius 3 is 1.37 bits per heavy atom. The summed E-state index contributed by atoms with van der Waals surface area (Å²) in [6.45, 7) is 5.80. The molecular formula is C61H102O12. The normalized spacial score (nSPS) is 18.8. The van der Waals surface area contributed by atoms with Gasteiger partial charge in [0, 0.05) is 19.3 Å². The molecule has 73 heavy (non-hydrogen) atoms. The Bertz CT molecular complexity index is 1550. The third kappa shape index (κ3) is 39.3. The number of unbranched alkanes of at least 4 members (excludes halogenated alkanes) is 22. The number of aliphatic hydroxyl groups excluding tert-OH is 2. The van der Waals surface area contributed by atoms with Gasteiger partial charge < -0.3 is 39.0 Å². The van der Waals surface area contributed by atoms with Gasteiger partial charge in [0.05, 0.1) is 6.61 Å². The van der Waals surface area contributed by atoms with E-state index < -0.39 is 67.3 Å². The number of carboxylic acid groups (broad SMARTS) is 1. The first kappa shape index (κ1) is 67.2. The van der Waals surface area contributed by atoms with Crippen molar-refractivity contribution in [3.63, 3.8) is 0 Å². The molecule has 0 aliphatic carbocycles. The van der Waals surface area contributed by atoms with Crippen LogP contribution in [-0.4, -0.2) is 89.2 Å². The molecule has 1 rings (SSSR count). The predicted octanol–water partition coefficient (Wildman–Crippen LogP) is 14.6. The lowest BCUT2D eigenvalue weighted by molar-refractivity contribution is -0.301. The van der Waals surface area contributed by atoms with Gasteiger partial charge in [0.25, 0.3) is 0 Å². The standard InChI is InChI=1S/C61H102O12/c1-4-7-10-13-16-19-22-25-26-27-28-31-32-35-38-41-44-47-53(62)69-50-52(71-54(63)48-45-42-39-36-33-29-23-20-17-14-11-8-5-2)51-70-61-59(57(66)56(65)58(73-61)60(67)68)72-55(64)49-46-43-40-37-34-30-24-21-18-15-12-9-6-3/h9,12,16,18-21,23,25-26,30,34,52,56-59,61,65-66H,4-8,10-11,13-15,17,22,24,27-29,31-33,35-51H2,1-3H3,(H,67,68)/b12-9-,19-16-,21-18-,23-20-,26-25-,34-30-. The van der Waals surface area contributed by atoms with Crippen molar-refractivity contribution in [1.82, 2.24) is 0 Å². The van der Waals surface area contributed by atoms with Gasteiger partial charge in [-0.25, -0.2) is 4.79 Å². The summed E-state index contributed by atoms with van der Waals surface area (Å²) >= 11 is 0. The van der Waals surface area contributed by atoms with Gasteiger partial charge in [0.15, 0.2) is 24.6 Å². The quantitative estimate of drug-likeness (QED) is 0.0228. The minimum atomic E-state index is -1.92. The van der Waals surface area contributed by atoms with E-state index in [0.29, 0.717) is 19.3 Å². The molecule has 1 fully saturated rings. The van der Waals surface area contributed by atoms with Gasteiger partial charge in [0.2, 0.25) is 0 Å². The number of carbonyl (C=O) groups is 4. The van der Waals surface area contributed by atoms with Crippen LogP contribution >= 0.6 is 0 Å². The van der Waals surface area contributed by atoms with Crippen LogP contribution in [0.3, 0.4) is 0 Å². The summed E-state index contributed by atoms with van der Waals surface area (Å²) in [4.78, 5) is 51.0. The Labute approximate surface area is 442 Å². The third-order valence-corrected chi connectivity index (χ3v) is 12.7. The molecule has 0 amide bonds. The molecule has 12 heteroatoms. The van der Waals surface area contributed by atoms with Crippen LogP contribution in [0.4, 0.5) is 0 Å². The Morgan fingerprint density at radius 2 is 0.863 bits per heavy atom. The molecule has 0 saturated carbocycles. The molecular weight excluding hydrogens is 925 g/mol. The van der Waals surface area contributed by atoms with E-state index in [9.17, 15) is 34.5 Å². The number of ether oxygens (including phenoxy) is 5. The van der Waals surface area contributed by atoms with Crippen LogP contribution in [0.25, 0.3) is 0 Å². The first-order valence-corrected chi connectivity index (χ1v) is 28.9. The molecule has 418 valence electrons. The van der Waals surface area contributed by atoms with Crippen molar-refractivity contribution in [2.75, 3.05) is 13.2 Å². The summed E-state index contributed by atoms with van der Waals surface area (Å²) in [6, 6.07) is 0. The molecule has 6 unspecified atom stereocenters. The highest BCUT2D eigenvalue weighted by Crippen LogP contribution is 2.26. The third-order valence-electron chi connectivity index (χ3n) is 12.7. The van der Waals surface area contributed by atoms with E-state index in [1.165, 1.54) is 64.2 Å². The van der Waals surface area contributed by atoms with Gasteiger partial charge in [-0.1, -0.05) is 184 Å². The minimum absolute atomic E-state index is 0.0220. The highest BCUT2D eigenvalue weighted by Gasteiger charge is 2.50. The van der Waals surface area contributed by atoms with Crippen LogP contribution in [-0.2, 0) is 42.9 Å². The van der Waals surface area contributed by atoms with Crippen molar-refractivity contribution in [3.05, 3.63) is 72.9 Å². The zero-order chi connectivity index (χ0) is 53.3. The molecule has 0 aromatic heterocycles. The molecule has 3 N–H and O–H groups in total. The smallest absolute Gasteiger partial charge is 0.335 e. The van der Waals surface area contributed by atoms with Gasteiger partial charge in [-0.15, -0.1) is 0 Å². The van der Waals surface area contributed by atoms with Gasteiger partial charge in [-0.3, -0.25) is 14.4 Å². The number of carboxylic acids is 1. The van der Waals surface area contributed by atoms with Crippen molar-refractivity contribution in [2.24, 2.45) is 0 Å². The lowest BCUT2D eigenvalue weighted by atomic mass is 9.98. The van der Waals surface area contributed by atoms with Crippen molar-refractivity contribution >= 4 is 23.9 Å². The second-order valence-corrected chi connectivity index (χ2v) is 19.5. The van der Waals surface area contributed by atoms with E-state index >= 15 is 0 Å². The SMILES string of the molecule is CC/C=C\C/C=C\C/C=C\CCCCCC(=O)OC1C(OCC(COC(=O)CCCCCCCCC/C=C\C/C=C\CCCCC)OC(=O)CCCCCCC/C=C\CCCCCC)OC(C(=O)O)C(O)C1O. The van der Waals surface area contributed by atoms with Gasteiger partial charge >= 0.3 is 23.9 Å². The fourth-order valence-corrected chi connectivity index (χ4v) is 8.29. The van der Waals surface area contributed by atoms with Crippen molar-refractivity contribution in [3.8, 4) is 0 Å². The Kier molecular flexibility index (Phi) is 45.1. The van der Waals surface area contributed by atoms with Gasteiger partial charge in [-0.2, -0.15) is 0 Å². The lowest BCUT2D eigenvalue weighted by Crippen LogP contribution is -2.61. The number of allylic oxidation sites excluding steroid dienone is 12. The first-order chi connectivity index (χ1) is 35.6. The monoisotopic (exact) mass is 1030 g/mol. The maximum absolute atomic E-state index is 13.1. The number of esters is 3. The highest BCUT2D eigenvalue weighted by molar-refractivity contribution is 5.74. The molecule has 1 saturated heterocycles. The molecule has 0 aromatic rings. The highest BCUT2D eigenvalue weighted by atomic mass is 16.7. The fourth-order valence-electron chi connectivity index (χ4n) is 8.29. The van der Waals surface area contributed by atoms with Crippen LogP contribution in [0.2, 0.25) is 0 Å². The van der Waals surface area contributed by atoms with Gasteiger partial charge in [-0.05, 0) is 109 Å². The van der Waals surface area contributed by atoms with Crippen molar-refractivity contribution in [2.45, 2.75) is 276 Å². The number of hydrogen-bond acceptors (Lipinski definition) is 11. The van der Waals surface area contributed by atoms with Crippen LogP contribution < -0.4 is 0 Å². The summed E-state index contributed by atoms with van der Waals surface area (Å²) in [5.41, 5.74) is 0. The molecule has 1 aliphatic heterocycles. The lowest BCUT2D eigenvalue weighted by Gasteiger charge is -2.40. The van der Waals surface area contributed by atoms with Gasteiger partial charge in [0.1, 0.15) is 18.8 Å². The van der Waals surface area contributed by atoms with Crippen LogP contribution in [0.5, 0.6) is 0 Å². The molecule has 1 aliphatic rings. The maximum atomic E-state index is 13.1. The van der Waals surface area contributed by atoms with E-state index in [2.05, 4.69) is 93.7 Å². The number of aliphatic hydroxyl groups is 2. The van der Waals surface area contributed by atoms with Crippen LogP contribution in [0.15, 0.2) is 72.9 Å². The second kappa shape index (κ2) is 49.1. The van der Waals surface area contributed by atoms with Crippen molar-refractivity contribution in [1.29, 1.82) is 0 Å². The number of rotatable bonds is 48. The summed E-state index contributed by atoms with van der Waals surface area (Å²) < 4.78 is 28.3. The zero-order valence-corrected chi connectivity index (χ0v) is 45.9. The number of aliphatic carboxylic acids is 1. The van der Waals surface area contributed by atoms with E-state index in [4.69, 9.17) is 23.7 Å². The summed E-state index contributed by atoms with van der Waals surface area (Å²) in [6.07, 6.45) is 48.8. The summed E-state index contributed by atoms with van der Waals surface area (Å²) in [5.74, 6) is -3.18. The topological polar surface area (TPSA) is 175 Å². The Balaban J connectivity index is 2.72. The maximum Gasteiger partial charge on any atom is 0.335 e. The molecule has 6 atom stereocenters. The molecule has 1 heterocycles. The molecule has 0 radical (unpaired) electrons. The number of hydrogen-bond donors (Lipinski definition) is 3. The Morgan fingerprint density at radius 1 is 0.466 bits per heavy atom. The average Bonchev–Trinajstić information content (AvgIpc) is 3.37. The summed E-state index contributed by atoms with van der Waals surface area (Å²) in [7, 11) is 0. The molecule has 0 spiro atoms. The fraction of sp³-hybridized carbons (Fsp3) is 0.738. The molecule has 12 nitrogen and oxygen atoms in total.